The number of likely N-dealkylation sites (tertiary alicyclic amines) is 1. The molecule has 1 N–H and O–H groups in total. The number of nitro groups is 1. The van der Waals surface area contributed by atoms with Gasteiger partial charge in [0.15, 0.2) is 0 Å². The zero-order chi connectivity index (χ0) is 25.7. The molecule has 190 valence electrons. The first-order chi connectivity index (χ1) is 17.4. The lowest BCUT2D eigenvalue weighted by Crippen LogP contribution is -2.47. The first kappa shape index (κ1) is 25.2. The molecule has 2 saturated heterocycles. The van der Waals surface area contributed by atoms with Gasteiger partial charge in [0.2, 0.25) is 5.91 Å². The van der Waals surface area contributed by atoms with E-state index in [0.717, 1.165) is 26.1 Å². The largest absolute Gasteiger partial charge is 0.368 e. The molecule has 2 aliphatic rings. The van der Waals surface area contributed by atoms with E-state index >= 15 is 0 Å². The fourth-order valence-electron chi connectivity index (χ4n) is 4.97. The van der Waals surface area contributed by atoms with Gasteiger partial charge in [-0.05, 0) is 43.0 Å². The Bertz CT molecular complexity index is 1160. The van der Waals surface area contributed by atoms with E-state index in [1.54, 1.807) is 17.0 Å². The number of nitro benzene ring substituents is 1. The minimum Gasteiger partial charge on any atom is -0.368 e. The number of carbonyl (C=O) groups excluding carboxylic acids is 2. The van der Waals surface area contributed by atoms with Gasteiger partial charge in [0.05, 0.1) is 10.5 Å². The monoisotopic (exact) mass is 491 g/mol. The smallest absolute Gasteiger partial charge is 0.293 e. The molecule has 0 aliphatic carbocycles. The summed E-state index contributed by atoms with van der Waals surface area (Å²) in [6.45, 7) is 10.4. The van der Waals surface area contributed by atoms with Crippen LogP contribution < -0.4 is 15.1 Å². The van der Waals surface area contributed by atoms with E-state index < -0.39 is 4.92 Å². The molecule has 0 radical (unpaired) electrons. The van der Waals surface area contributed by atoms with Crippen LogP contribution >= 0.6 is 0 Å². The van der Waals surface area contributed by atoms with Crippen molar-refractivity contribution in [1.82, 2.24) is 10.2 Å². The Balaban J connectivity index is 1.45. The maximum atomic E-state index is 12.9. The predicted octanol–water partition coefficient (Wildman–Crippen LogP) is 3.62. The van der Waals surface area contributed by atoms with Crippen LogP contribution in [0.2, 0.25) is 0 Å². The number of hydrogen-bond acceptors (Lipinski definition) is 6. The first-order valence-electron chi connectivity index (χ1n) is 12.5. The molecule has 2 heterocycles. The van der Waals surface area contributed by atoms with Gasteiger partial charge in [-0.15, -0.1) is 0 Å². The average Bonchev–Trinajstić information content (AvgIpc) is 3.30. The third-order valence-electron chi connectivity index (χ3n) is 6.95. The lowest BCUT2D eigenvalue weighted by molar-refractivity contribution is -0.384. The summed E-state index contributed by atoms with van der Waals surface area (Å²) in [5.74, 6) is -0.224. The lowest BCUT2D eigenvalue weighted by atomic mass is 10.0. The van der Waals surface area contributed by atoms with Crippen LogP contribution in [-0.2, 0) is 4.79 Å². The van der Waals surface area contributed by atoms with Gasteiger partial charge in [-0.2, -0.15) is 0 Å². The van der Waals surface area contributed by atoms with Crippen LogP contribution in [0.3, 0.4) is 0 Å². The summed E-state index contributed by atoms with van der Waals surface area (Å²) >= 11 is 0. The quantitative estimate of drug-likeness (QED) is 0.327. The molecule has 0 saturated carbocycles. The van der Waals surface area contributed by atoms with Crippen molar-refractivity contribution in [1.29, 1.82) is 0 Å². The molecule has 2 amide bonds. The van der Waals surface area contributed by atoms with Crippen molar-refractivity contribution in [3.63, 3.8) is 0 Å². The van der Waals surface area contributed by atoms with Gasteiger partial charge in [-0.25, -0.2) is 0 Å². The Morgan fingerprint density at radius 1 is 1.11 bits per heavy atom. The number of rotatable bonds is 9. The summed E-state index contributed by atoms with van der Waals surface area (Å²) in [7, 11) is 0. The highest BCUT2D eigenvalue weighted by Gasteiger charge is 2.27. The molecule has 9 nitrogen and oxygen atoms in total. The van der Waals surface area contributed by atoms with Gasteiger partial charge in [-0.3, -0.25) is 19.7 Å². The number of para-hydroxylation sites is 1. The second-order valence-electron chi connectivity index (χ2n) is 9.24. The number of nitrogens with one attached hydrogen (secondary N) is 1. The van der Waals surface area contributed by atoms with Crippen molar-refractivity contribution < 1.29 is 14.5 Å². The van der Waals surface area contributed by atoms with Crippen molar-refractivity contribution in [2.24, 2.45) is 0 Å². The van der Waals surface area contributed by atoms with Crippen molar-refractivity contribution >= 4 is 35.0 Å². The fourth-order valence-corrected chi connectivity index (χ4v) is 4.97. The van der Waals surface area contributed by atoms with E-state index in [2.05, 4.69) is 35.9 Å². The zero-order valence-electron chi connectivity index (χ0n) is 20.7. The topological polar surface area (TPSA) is 99.0 Å². The van der Waals surface area contributed by atoms with Crippen LogP contribution in [0.1, 0.15) is 40.7 Å². The molecule has 9 heteroatoms. The summed E-state index contributed by atoms with van der Waals surface area (Å²) in [6, 6.07) is 11.3. The van der Waals surface area contributed by atoms with E-state index in [9.17, 15) is 19.7 Å². The molecule has 0 spiro atoms. The maximum absolute atomic E-state index is 12.9. The summed E-state index contributed by atoms with van der Waals surface area (Å²) < 4.78 is 0. The molecule has 4 rings (SSSR count). The maximum Gasteiger partial charge on any atom is 0.293 e. The van der Waals surface area contributed by atoms with Crippen LogP contribution in [0.4, 0.5) is 17.1 Å². The number of benzene rings is 2. The highest BCUT2D eigenvalue weighted by Crippen LogP contribution is 2.34. The molecule has 36 heavy (non-hydrogen) atoms. The van der Waals surface area contributed by atoms with Crippen LogP contribution in [0, 0.1) is 17.0 Å². The minimum atomic E-state index is -0.425. The van der Waals surface area contributed by atoms with Crippen LogP contribution in [0.25, 0.3) is 6.08 Å². The van der Waals surface area contributed by atoms with E-state index in [-0.39, 0.29) is 23.1 Å². The molecule has 2 aliphatic heterocycles. The average molecular weight is 492 g/mol. The lowest BCUT2D eigenvalue weighted by Gasteiger charge is -2.37. The highest BCUT2D eigenvalue weighted by atomic mass is 16.6. The fraction of sp³-hybridized carbons (Fsp3) is 0.407. The Hall–Kier alpha value is -3.88. The first-order valence-corrected chi connectivity index (χ1v) is 12.5. The number of anilines is 2. The van der Waals surface area contributed by atoms with Gasteiger partial charge in [0.25, 0.3) is 11.6 Å². The number of nitrogens with zero attached hydrogens (tertiary/aromatic N) is 4. The molecule has 2 fully saturated rings. The molecule has 0 aromatic heterocycles. The number of piperazine rings is 1. The molecule has 2 aromatic rings. The summed E-state index contributed by atoms with van der Waals surface area (Å²) in [6.07, 6.45) is 3.66. The molecule has 0 bridgehead atoms. The SMILES string of the molecule is C=Cc1cc(N2CCN(c3ccccc3C)CC2)c([N+](=O)[O-])cc1C(=O)NCCCN1CCCC1=O. The summed E-state index contributed by atoms with van der Waals surface area (Å²) in [4.78, 5) is 42.3. The van der Waals surface area contributed by atoms with Crippen molar-refractivity contribution in [3.8, 4) is 0 Å². The molecule has 2 aromatic carbocycles. The molecular formula is C27H33N5O4. The van der Waals surface area contributed by atoms with Gasteiger partial charge < -0.3 is 20.0 Å². The normalized spacial score (nSPS) is 15.8. The van der Waals surface area contributed by atoms with Gasteiger partial charge in [0, 0.05) is 64.0 Å². The van der Waals surface area contributed by atoms with Crippen molar-refractivity contribution in [2.45, 2.75) is 26.2 Å². The molecular weight excluding hydrogens is 458 g/mol. The van der Waals surface area contributed by atoms with E-state index in [4.69, 9.17) is 0 Å². The zero-order valence-corrected chi connectivity index (χ0v) is 20.7. The van der Waals surface area contributed by atoms with E-state index in [0.29, 0.717) is 50.3 Å². The predicted molar refractivity (Wildman–Crippen MR) is 142 cm³/mol. The van der Waals surface area contributed by atoms with Crippen LogP contribution in [0.15, 0.2) is 43.0 Å². The summed E-state index contributed by atoms with van der Waals surface area (Å²) in [5.41, 5.74) is 3.59. The number of aryl methyl sites for hydroxylation is 1. The van der Waals surface area contributed by atoms with Crippen LogP contribution in [-0.4, -0.2) is 67.5 Å². The Morgan fingerprint density at radius 2 is 1.81 bits per heavy atom. The standard InChI is InChI=1S/C27H33N5O4/c1-3-21-18-24(30-16-14-29(15-17-30)23-9-5-4-8-20(23)2)25(32(35)36)19-22(21)27(34)28-11-7-13-31-12-6-10-26(31)33/h3-5,8-9,18-19H,1,6-7,10-17H2,2H3,(H,28,34). The van der Waals surface area contributed by atoms with Gasteiger partial charge in [0.1, 0.15) is 5.69 Å². The Morgan fingerprint density at radius 3 is 2.42 bits per heavy atom. The second-order valence-corrected chi connectivity index (χ2v) is 9.24. The number of hydrogen-bond donors (Lipinski definition) is 1. The van der Waals surface area contributed by atoms with Crippen molar-refractivity contribution in [3.05, 3.63) is 69.8 Å². The van der Waals surface area contributed by atoms with Crippen molar-refractivity contribution in [2.75, 3.05) is 55.6 Å². The minimum absolute atomic E-state index is 0.0854. The van der Waals surface area contributed by atoms with Gasteiger partial charge >= 0.3 is 0 Å². The Kier molecular flexibility index (Phi) is 7.87. The third-order valence-corrected chi connectivity index (χ3v) is 6.95. The number of carbonyl (C=O) groups is 2. The molecule has 0 atom stereocenters. The summed E-state index contributed by atoms with van der Waals surface area (Å²) in [5, 5.41) is 14.8. The van der Waals surface area contributed by atoms with E-state index in [1.165, 1.54) is 17.3 Å². The Labute approximate surface area is 211 Å². The molecule has 0 unspecified atom stereocenters. The second kappa shape index (κ2) is 11.2. The number of amides is 2. The van der Waals surface area contributed by atoms with Gasteiger partial charge in [-0.1, -0.05) is 30.9 Å². The van der Waals surface area contributed by atoms with Crippen LogP contribution in [0.5, 0.6) is 0 Å². The third kappa shape index (κ3) is 5.50. The highest BCUT2D eigenvalue weighted by molar-refractivity contribution is 5.99. The van der Waals surface area contributed by atoms with E-state index in [1.807, 2.05) is 17.0 Å².